The second-order valence-electron chi connectivity index (χ2n) is 7.83. The summed E-state index contributed by atoms with van der Waals surface area (Å²) in [4.78, 5) is 20.6. The molecule has 0 aromatic heterocycles. The smallest absolute Gasteiger partial charge is 0.220 e. The number of rotatable bonds is 8. The number of hydrogen-bond acceptors (Lipinski definition) is 5. The van der Waals surface area contributed by atoms with Gasteiger partial charge in [0.25, 0.3) is 0 Å². The van der Waals surface area contributed by atoms with E-state index in [9.17, 15) is 4.79 Å². The molecule has 8 nitrogen and oxygen atoms in total. The van der Waals surface area contributed by atoms with E-state index in [2.05, 4.69) is 45.6 Å². The molecule has 1 unspecified atom stereocenters. The van der Waals surface area contributed by atoms with Gasteiger partial charge in [-0.15, -0.1) is 0 Å². The van der Waals surface area contributed by atoms with E-state index in [1.807, 2.05) is 19.2 Å². The molecule has 0 bridgehead atoms. The van der Waals surface area contributed by atoms with Gasteiger partial charge in [-0.2, -0.15) is 0 Å². The predicted molar refractivity (Wildman–Crippen MR) is 120 cm³/mol. The number of amides is 1. The fourth-order valence-electron chi connectivity index (χ4n) is 3.89. The van der Waals surface area contributed by atoms with E-state index in [4.69, 9.17) is 9.47 Å². The first-order valence-corrected chi connectivity index (χ1v) is 10.5. The van der Waals surface area contributed by atoms with Crippen LogP contribution in [0.4, 0.5) is 0 Å². The average Bonchev–Trinajstić information content (AvgIpc) is 2.76. The number of hydrogen-bond donors (Lipinski definition) is 2. The molecule has 1 saturated heterocycles. The Morgan fingerprint density at radius 1 is 1.23 bits per heavy atom. The first kappa shape index (κ1) is 23.8. The molecule has 8 heteroatoms. The van der Waals surface area contributed by atoms with E-state index in [0.717, 1.165) is 49.0 Å². The lowest BCUT2D eigenvalue weighted by Gasteiger charge is -2.35. The number of aliphatic imine (C=N–C) groups is 1. The Labute approximate surface area is 180 Å². The maximum Gasteiger partial charge on any atom is 0.220 e. The van der Waals surface area contributed by atoms with Crippen molar-refractivity contribution in [2.75, 3.05) is 62.0 Å². The van der Waals surface area contributed by atoms with Crippen LogP contribution in [0.15, 0.2) is 23.2 Å². The van der Waals surface area contributed by atoms with Crippen LogP contribution in [0, 0.1) is 5.92 Å². The van der Waals surface area contributed by atoms with Crippen molar-refractivity contribution in [2.24, 2.45) is 10.9 Å². The number of carbonyl (C=O) groups excluding carboxylic acids is 1. The number of methoxy groups -OCH3 is 2. The van der Waals surface area contributed by atoms with Crippen LogP contribution in [0.25, 0.3) is 0 Å². The summed E-state index contributed by atoms with van der Waals surface area (Å²) in [7, 11) is 10.9. The van der Waals surface area contributed by atoms with Crippen molar-refractivity contribution < 1.29 is 14.3 Å². The van der Waals surface area contributed by atoms with Gasteiger partial charge in [-0.3, -0.25) is 9.79 Å². The molecule has 1 aliphatic rings. The molecule has 1 aromatic carbocycles. The van der Waals surface area contributed by atoms with Crippen LogP contribution in [0.1, 0.15) is 30.9 Å². The van der Waals surface area contributed by atoms with Gasteiger partial charge in [0, 0.05) is 40.2 Å². The summed E-state index contributed by atoms with van der Waals surface area (Å²) in [5, 5.41) is 6.26. The number of piperidine rings is 1. The quantitative estimate of drug-likeness (QED) is 0.494. The zero-order valence-corrected chi connectivity index (χ0v) is 19.2. The van der Waals surface area contributed by atoms with Gasteiger partial charge in [0.1, 0.15) is 0 Å². The molecular weight excluding hydrogens is 382 g/mol. The SMILES string of the molecule is CN=C(NCC(c1ccc(OC)c(OC)c1)N(C)C)N1CCC(CC(=O)NC)CC1. The maximum absolute atomic E-state index is 11.6. The summed E-state index contributed by atoms with van der Waals surface area (Å²) in [6, 6.07) is 6.18. The highest BCUT2D eigenvalue weighted by Crippen LogP contribution is 2.31. The van der Waals surface area contributed by atoms with Crippen molar-refractivity contribution in [2.45, 2.75) is 25.3 Å². The normalized spacial score (nSPS) is 16.4. The molecule has 1 aromatic rings. The van der Waals surface area contributed by atoms with Gasteiger partial charge in [-0.1, -0.05) is 6.07 Å². The molecule has 1 amide bonds. The maximum atomic E-state index is 11.6. The molecule has 0 saturated carbocycles. The summed E-state index contributed by atoms with van der Waals surface area (Å²) in [5.74, 6) is 2.92. The topological polar surface area (TPSA) is 78.4 Å². The van der Waals surface area contributed by atoms with Crippen molar-refractivity contribution in [1.29, 1.82) is 0 Å². The van der Waals surface area contributed by atoms with Crippen LogP contribution in [0.2, 0.25) is 0 Å². The van der Waals surface area contributed by atoms with Gasteiger partial charge >= 0.3 is 0 Å². The number of nitrogens with zero attached hydrogens (tertiary/aromatic N) is 3. The molecular formula is C22H37N5O3. The van der Waals surface area contributed by atoms with Gasteiger partial charge in [0.2, 0.25) is 5.91 Å². The van der Waals surface area contributed by atoms with E-state index >= 15 is 0 Å². The van der Waals surface area contributed by atoms with E-state index in [1.165, 1.54) is 0 Å². The molecule has 0 aliphatic carbocycles. The minimum Gasteiger partial charge on any atom is -0.493 e. The molecule has 0 spiro atoms. The summed E-state index contributed by atoms with van der Waals surface area (Å²) < 4.78 is 10.8. The fraction of sp³-hybridized carbons (Fsp3) is 0.636. The minimum absolute atomic E-state index is 0.125. The Bertz CT molecular complexity index is 715. The number of likely N-dealkylation sites (tertiary alicyclic amines) is 1. The third-order valence-corrected chi connectivity index (χ3v) is 5.75. The molecule has 2 rings (SSSR count). The number of likely N-dealkylation sites (N-methyl/N-ethyl adjacent to an activating group) is 1. The molecule has 1 aliphatic heterocycles. The zero-order chi connectivity index (χ0) is 22.1. The molecule has 1 atom stereocenters. The summed E-state index contributed by atoms with van der Waals surface area (Å²) in [6.45, 7) is 2.53. The highest BCUT2D eigenvalue weighted by Gasteiger charge is 2.24. The number of ether oxygens (including phenoxy) is 2. The van der Waals surface area contributed by atoms with Crippen molar-refractivity contribution in [3.63, 3.8) is 0 Å². The Morgan fingerprint density at radius 3 is 2.43 bits per heavy atom. The Hall–Kier alpha value is -2.48. The Kier molecular flexibility index (Phi) is 9.23. The van der Waals surface area contributed by atoms with Crippen molar-refractivity contribution in [3.05, 3.63) is 23.8 Å². The van der Waals surface area contributed by atoms with Crippen LogP contribution in [0.3, 0.4) is 0 Å². The van der Waals surface area contributed by atoms with Crippen LogP contribution < -0.4 is 20.1 Å². The van der Waals surface area contributed by atoms with Crippen LogP contribution in [0.5, 0.6) is 11.5 Å². The van der Waals surface area contributed by atoms with Gasteiger partial charge in [0.05, 0.1) is 20.3 Å². The summed E-state index contributed by atoms with van der Waals surface area (Å²) in [6.07, 6.45) is 2.61. The predicted octanol–water partition coefficient (Wildman–Crippen LogP) is 1.73. The second kappa shape index (κ2) is 11.6. The highest BCUT2D eigenvalue weighted by atomic mass is 16.5. The van der Waals surface area contributed by atoms with Crippen molar-refractivity contribution in [1.82, 2.24) is 20.4 Å². The molecule has 1 fully saturated rings. The van der Waals surface area contributed by atoms with E-state index in [0.29, 0.717) is 18.9 Å². The summed E-state index contributed by atoms with van der Waals surface area (Å²) in [5.41, 5.74) is 1.14. The number of carbonyl (C=O) groups is 1. The lowest BCUT2D eigenvalue weighted by atomic mass is 9.93. The zero-order valence-electron chi connectivity index (χ0n) is 19.2. The molecule has 168 valence electrons. The van der Waals surface area contributed by atoms with E-state index in [1.54, 1.807) is 21.3 Å². The molecule has 0 radical (unpaired) electrons. The lowest BCUT2D eigenvalue weighted by molar-refractivity contribution is -0.121. The van der Waals surface area contributed by atoms with Crippen molar-refractivity contribution in [3.8, 4) is 11.5 Å². The van der Waals surface area contributed by atoms with Crippen molar-refractivity contribution >= 4 is 11.9 Å². The molecule has 1 heterocycles. The standard InChI is InChI=1S/C22H37N5O3/c1-23-21(28)13-16-9-11-27(12-10-16)22(24-2)25-15-18(26(3)4)17-7-8-19(29-5)20(14-17)30-6/h7-8,14,16,18H,9-13,15H2,1-6H3,(H,23,28)(H,24,25). The van der Waals surface area contributed by atoms with Crippen LogP contribution in [-0.2, 0) is 4.79 Å². The van der Waals surface area contributed by atoms with Gasteiger partial charge < -0.3 is 29.9 Å². The van der Waals surface area contributed by atoms with Gasteiger partial charge in [-0.25, -0.2) is 0 Å². The third-order valence-electron chi connectivity index (χ3n) is 5.75. The Morgan fingerprint density at radius 2 is 1.90 bits per heavy atom. The fourth-order valence-corrected chi connectivity index (χ4v) is 3.89. The second-order valence-corrected chi connectivity index (χ2v) is 7.83. The van der Waals surface area contributed by atoms with Gasteiger partial charge in [-0.05, 0) is 50.6 Å². The van der Waals surface area contributed by atoms with E-state index in [-0.39, 0.29) is 11.9 Å². The van der Waals surface area contributed by atoms with Crippen LogP contribution >= 0.6 is 0 Å². The molecule has 2 N–H and O–H groups in total. The Balaban J connectivity index is 1.99. The average molecular weight is 420 g/mol. The summed E-state index contributed by atoms with van der Waals surface area (Å²) >= 11 is 0. The first-order chi connectivity index (χ1) is 14.4. The highest BCUT2D eigenvalue weighted by molar-refractivity contribution is 5.80. The number of guanidine groups is 1. The third kappa shape index (κ3) is 6.26. The minimum atomic E-state index is 0.125. The molecule has 30 heavy (non-hydrogen) atoms. The van der Waals surface area contributed by atoms with Crippen LogP contribution in [-0.4, -0.2) is 83.7 Å². The van der Waals surface area contributed by atoms with Gasteiger partial charge in [0.15, 0.2) is 17.5 Å². The number of benzene rings is 1. The number of nitrogens with one attached hydrogen (secondary N) is 2. The monoisotopic (exact) mass is 419 g/mol. The lowest BCUT2D eigenvalue weighted by Crippen LogP contribution is -2.47. The van der Waals surface area contributed by atoms with E-state index < -0.39 is 0 Å². The first-order valence-electron chi connectivity index (χ1n) is 10.5. The largest absolute Gasteiger partial charge is 0.493 e.